The number of rotatable bonds is 1. The molecule has 0 aliphatic carbocycles. The second kappa shape index (κ2) is 3.24. The molecule has 0 radical (unpaired) electrons. The lowest BCUT2D eigenvalue weighted by Gasteiger charge is -2.27. The molecule has 0 saturated heterocycles. The maximum absolute atomic E-state index is 12.4. The van der Waals surface area contributed by atoms with Gasteiger partial charge in [-0.2, -0.15) is 13.2 Å². The van der Waals surface area contributed by atoms with E-state index in [-0.39, 0.29) is 5.56 Å². The number of hydrogen-bond donors (Lipinski definition) is 1. The summed E-state index contributed by atoms with van der Waals surface area (Å²) in [6.45, 7) is 0.847. The molecule has 0 saturated carbocycles. The third-order valence-corrected chi connectivity index (χ3v) is 2.03. The molecule has 0 fully saturated rings. The first-order valence-corrected chi connectivity index (χ1v) is 3.87. The highest BCUT2D eigenvalue weighted by molar-refractivity contribution is 5.25. The molecular weight excluding hydrogens is 198 g/mol. The van der Waals surface area contributed by atoms with Gasteiger partial charge in [-0.05, 0) is 24.6 Å². The Kier molecular flexibility index (Phi) is 2.54. The van der Waals surface area contributed by atoms with Gasteiger partial charge in [0, 0.05) is 0 Å². The topological polar surface area (TPSA) is 26.0 Å². The Labute approximate surface area is 78.5 Å². The lowest BCUT2D eigenvalue weighted by Crippen LogP contribution is -2.47. The number of benzene rings is 1. The van der Waals surface area contributed by atoms with E-state index < -0.39 is 17.5 Å². The van der Waals surface area contributed by atoms with Crippen LogP contribution in [0.2, 0.25) is 0 Å². The van der Waals surface area contributed by atoms with E-state index in [9.17, 15) is 17.6 Å². The molecule has 2 N–H and O–H groups in total. The highest BCUT2D eigenvalue weighted by Crippen LogP contribution is 2.36. The Morgan fingerprint density at radius 1 is 1.07 bits per heavy atom. The summed E-state index contributed by atoms with van der Waals surface area (Å²) < 4.78 is 49.7. The molecule has 0 unspecified atom stereocenters. The summed E-state index contributed by atoms with van der Waals surface area (Å²) in [4.78, 5) is 0. The van der Waals surface area contributed by atoms with Crippen molar-refractivity contribution in [1.29, 1.82) is 0 Å². The van der Waals surface area contributed by atoms with Crippen LogP contribution in [0.4, 0.5) is 17.6 Å². The zero-order chi connectivity index (χ0) is 11.0. The van der Waals surface area contributed by atoms with E-state index in [1.807, 2.05) is 0 Å². The Balaban J connectivity index is 3.10. The van der Waals surface area contributed by atoms with Crippen LogP contribution in [0.3, 0.4) is 0 Å². The van der Waals surface area contributed by atoms with Gasteiger partial charge in [-0.25, -0.2) is 4.39 Å². The van der Waals surface area contributed by atoms with Gasteiger partial charge in [0.15, 0.2) is 0 Å². The molecular formula is C9H9F4N. The van der Waals surface area contributed by atoms with Crippen LogP contribution in [0, 0.1) is 5.82 Å². The largest absolute Gasteiger partial charge is 0.410 e. The van der Waals surface area contributed by atoms with E-state index in [0.717, 1.165) is 31.2 Å². The molecule has 0 heterocycles. The maximum Gasteiger partial charge on any atom is 0.410 e. The van der Waals surface area contributed by atoms with Crippen molar-refractivity contribution in [2.24, 2.45) is 5.73 Å². The lowest BCUT2D eigenvalue weighted by molar-refractivity contribution is -0.184. The smallest absolute Gasteiger partial charge is 0.314 e. The quantitative estimate of drug-likeness (QED) is 0.703. The van der Waals surface area contributed by atoms with Crippen LogP contribution in [-0.2, 0) is 5.54 Å². The van der Waals surface area contributed by atoms with E-state index in [0.29, 0.717) is 0 Å². The third-order valence-electron chi connectivity index (χ3n) is 2.03. The molecule has 1 atom stereocenters. The van der Waals surface area contributed by atoms with Crippen LogP contribution in [0.1, 0.15) is 12.5 Å². The average Bonchev–Trinajstić information content (AvgIpc) is 2.03. The van der Waals surface area contributed by atoms with Crippen LogP contribution < -0.4 is 5.73 Å². The van der Waals surface area contributed by atoms with Gasteiger partial charge in [-0.3, -0.25) is 0 Å². The van der Waals surface area contributed by atoms with Crippen molar-refractivity contribution in [2.75, 3.05) is 0 Å². The highest BCUT2D eigenvalue weighted by Gasteiger charge is 2.49. The molecule has 0 aromatic heterocycles. The Bertz CT molecular complexity index is 313. The minimum atomic E-state index is -4.55. The van der Waals surface area contributed by atoms with Crippen LogP contribution in [-0.4, -0.2) is 6.18 Å². The predicted molar refractivity (Wildman–Crippen MR) is 44.0 cm³/mol. The summed E-state index contributed by atoms with van der Waals surface area (Å²) in [5, 5.41) is 0. The molecule has 1 rings (SSSR count). The summed E-state index contributed by atoms with van der Waals surface area (Å²) >= 11 is 0. The van der Waals surface area contributed by atoms with Crippen molar-refractivity contribution >= 4 is 0 Å². The summed E-state index contributed by atoms with van der Waals surface area (Å²) in [5.74, 6) is -0.591. The Hall–Kier alpha value is -1.10. The Morgan fingerprint density at radius 3 is 1.86 bits per heavy atom. The molecule has 1 nitrogen and oxygen atoms in total. The fourth-order valence-corrected chi connectivity index (χ4v) is 0.960. The van der Waals surface area contributed by atoms with Crippen LogP contribution >= 0.6 is 0 Å². The number of alkyl halides is 3. The van der Waals surface area contributed by atoms with Gasteiger partial charge in [-0.15, -0.1) is 0 Å². The van der Waals surface area contributed by atoms with Crippen molar-refractivity contribution in [1.82, 2.24) is 0 Å². The second-order valence-electron chi connectivity index (χ2n) is 3.21. The van der Waals surface area contributed by atoms with E-state index in [1.165, 1.54) is 0 Å². The first-order valence-electron chi connectivity index (χ1n) is 3.87. The molecule has 0 spiro atoms. The average molecular weight is 207 g/mol. The van der Waals surface area contributed by atoms with E-state index >= 15 is 0 Å². The predicted octanol–water partition coefficient (Wildman–Crippen LogP) is 2.56. The van der Waals surface area contributed by atoms with Crippen molar-refractivity contribution in [3.8, 4) is 0 Å². The molecule has 0 amide bonds. The van der Waals surface area contributed by atoms with Crippen molar-refractivity contribution in [3.05, 3.63) is 35.6 Å². The maximum atomic E-state index is 12.4. The zero-order valence-electron chi connectivity index (χ0n) is 7.40. The normalized spacial score (nSPS) is 16.4. The molecule has 78 valence electrons. The van der Waals surface area contributed by atoms with Crippen LogP contribution in [0.15, 0.2) is 24.3 Å². The highest BCUT2D eigenvalue weighted by atomic mass is 19.4. The molecule has 0 aliphatic rings. The SMILES string of the molecule is C[C@@](N)(c1ccc(F)cc1)C(F)(F)F. The number of nitrogens with two attached hydrogens (primary N) is 1. The van der Waals surface area contributed by atoms with Gasteiger partial charge in [0.1, 0.15) is 11.4 Å². The molecule has 0 aliphatic heterocycles. The van der Waals surface area contributed by atoms with Gasteiger partial charge in [0.25, 0.3) is 0 Å². The standard InChI is InChI=1S/C9H9F4N/c1-8(14,9(11,12)13)6-2-4-7(10)5-3-6/h2-5H,14H2,1H3/t8-/m1/s1. The summed E-state index contributed by atoms with van der Waals surface area (Å²) in [6.07, 6.45) is -4.55. The Morgan fingerprint density at radius 2 is 1.50 bits per heavy atom. The van der Waals surface area contributed by atoms with E-state index in [1.54, 1.807) is 0 Å². The molecule has 1 aromatic carbocycles. The second-order valence-corrected chi connectivity index (χ2v) is 3.21. The number of halogens is 4. The molecule has 5 heteroatoms. The van der Waals surface area contributed by atoms with Gasteiger partial charge < -0.3 is 5.73 Å². The minimum absolute atomic E-state index is 0.161. The van der Waals surface area contributed by atoms with Crippen LogP contribution in [0.5, 0.6) is 0 Å². The molecule has 0 bridgehead atoms. The fraction of sp³-hybridized carbons (Fsp3) is 0.333. The van der Waals surface area contributed by atoms with Crippen molar-refractivity contribution in [3.63, 3.8) is 0 Å². The number of hydrogen-bond acceptors (Lipinski definition) is 1. The van der Waals surface area contributed by atoms with Gasteiger partial charge in [-0.1, -0.05) is 12.1 Å². The first kappa shape index (κ1) is 11.0. The van der Waals surface area contributed by atoms with E-state index in [2.05, 4.69) is 0 Å². The van der Waals surface area contributed by atoms with E-state index in [4.69, 9.17) is 5.73 Å². The van der Waals surface area contributed by atoms with Gasteiger partial charge in [0.2, 0.25) is 0 Å². The zero-order valence-corrected chi connectivity index (χ0v) is 7.40. The van der Waals surface area contributed by atoms with Crippen molar-refractivity contribution < 1.29 is 17.6 Å². The first-order chi connectivity index (χ1) is 6.25. The summed E-state index contributed by atoms with van der Waals surface area (Å²) in [6, 6.07) is 3.96. The van der Waals surface area contributed by atoms with Gasteiger partial charge in [0.05, 0.1) is 0 Å². The monoisotopic (exact) mass is 207 g/mol. The minimum Gasteiger partial charge on any atom is -0.314 e. The summed E-state index contributed by atoms with van der Waals surface area (Å²) in [7, 11) is 0. The van der Waals surface area contributed by atoms with Gasteiger partial charge >= 0.3 is 6.18 Å². The molecule has 14 heavy (non-hydrogen) atoms. The molecule has 1 aromatic rings. The third kappa shape index (κ3) is 1.87. The lowest BCUT2D eigenvalue weighted by atomic mass is 9.93. The fourth-order valence-electron chi connectivity index (χ4n) is 0.960. The van der Waals surface area contributed by atoms with Crippen molar-refractivity contribution in [2.45, 2.75) is 18.6 Å². The summed E-state index contributed by atoms with van der Waals surface area (Å²) in [5.41, 5.74) is 2.51. The van der Waals surface area contributed by atoms with Crippen LogP contribution in [0.25, 0.3) is 0 Å².